The molecule has 0 spiro atoms. The van der Waals surface area contributed by atoms with E-state index in [4.69, 9.17) is 5.84 Å². The summed E-state index contributed by atoms with van der Waals surface area (Å²) < 4.78 is 1.75. The minimum absolute atomic E-state index is 0.640. The zero-order chi connectivity index (χ0) is 15.0. The first-order valence-electron chi connectivity index (χ1n) is 7.46. The fraction of sp³-hybridized carbons (Fsp3) is 0.643. The van der Waals surface area contributed by atoms with E-state index in [0.29, 0.717) is 11.7 Å². The van der Waals surface area contributed by atoms with E-state index in [2.05, 4.69) is 39.2 Å². The fourth-order valence-corrected chi connectivity index (χ4v) is 2.94. The second-order valence-electron chi connectivity index (χ2n) is 6.12. The molecule has 2 aromatic heterocycles. The lowest BCUT2D eigenvalue weighted by molar-refractivity contribution is 0.129. The molecular weight excluding hydrogens is 266 g/mol. The molecule has 3 rings (SSSR count). The van der Waals surface area contributed by atoms with Crippen LogP contribution in [0.3, 0.4) is 0 Å². The summed E-state index contributed by atoms with van der Waals surface area (Å²) in [4.78, 5) is 11.6. The first kappa shape index (κ1) is 14.2. The molecule has 114 valence electrons. The maximum absolute atomic E-state index is 5.58. The average Bonchev–Trinajstić information content (AvgIpc) is 2.84. The number of aryl methyl sites for hydroxylation is 1. The predicted molar refractivity (Wildman–Crippen MR) is 82.3 cm³/mol. The van der Waals surface area contributed by atoms with Crippen LogP contribution in [-0.4, -0.2) is 37.7 Å². The van der Waals surface area contributed by atoms with Gasteiger partial charge in [0.25, 0.3) is 0 Å². The molecule has 3 N–H and O–H groups in total. The maximum Gasteiger partial charge on any atom is 0.163 e. The zero-order valence-corrected chi connectivity index (χ0v) is 12.9. The van der Waals surface area contributed by atoms with Crippen molar-refractivity contribution >= 4 is 16.9 Å². The number of anilines is 1. The quantitative estimate of drug-likeness (QED) is 0.651. The number of nitrogens with zero attached hydrogens (tertiary/aromatic N) is 5. The number of hydrazine groups is 1. The van der Waals surface area contributed by atoms with Crippen molar-refractivity contribution in [1.29, 1.82) is 0 Å². The van der Waals surface area contributed by atoms with Gasteiger partial charge < -0.3 is 5.43 Å². The largest absolute Gasteiger partial charge is 0.308 e. The molecule has 2 aromatic rings. The maximum atomic E-state index is 5.58. The Labute approximate surface area is 124 Å². The van der Waals surface area contributed by atoms with E-state index < -0.39 is 0 Å². The number of piperidine rings is 1. The third-order valence-corrected chi connectivity index (χ3v) is 4.56. The molecule has 0 aliphatic carbocycles. The fourth-order valence-electron chi connectivity index (χ4n) is 2.94. The molecule has 0 amide bonds. The summed E-state index contributed by atoms with van der Waals surface area (Å²) in [6.07, 6.45) is 2.97. The minimum Gasteiger partial charge on any atom is -0.308 e. The molecule has 0 aromatic carbocycles. The minimum atomic E-state index is 0.640. The monoisotopic (exact) mass is 289 g/mol. The molecule has 1 aliphatic heterocycles. The van der Waals surface area contributed by atoms with E-state index in [1.54, 1.807) is 10.9 Å². The smallest absolute Gasteiger partial charge is 0.163 e. The van der Waals surface area contributed by atoms with Crippen LogP contribution in [0.5, 0.6) is 0 Å². The SMILES string of the molecule is CC1CCN(Cc2nc(NN)c3cnn(C)c3n2)CC1C. The summed E-state index contributed by atoms with van der Waals surface area (Å²) in [6, 6.07) is 0. The zero-order valence-electron chi connectivity index (χ0n) is 12.9. The van der Waals surface area contributed by atoms with Gasteiger partial charge in [0.1, 0.15) is 5.82 Å². The van der Waals surface area contributed by atoms with Crippen molar-refractivity contribution < 1.29 is 0 Å². The highest BCUT2D eigenvalue weighted by Gasteiger charge is 2.23. The third kappa shape index (κ3) is 2.71. The van der Waals surface area contributed by atoms with Crippen LogP contribution in [0.4, 0.5) is 5.82 Å². The summed E-state index contributed by atoms with van der Waals surface area (Å²) in [5, 5.41) is 5.07. The van der Waals surface area contributed by atoms with Crippen LogP contribution in [0, 0.1) is 11.8 Å². The highest BCUT2D eigenvalue weighted by atomic mass is 15.3. The van der Waals surface area contributed by atoms with E-state index in [1.165, 1.54) is 6.42 Å². The first-order valence-corrected chi connectivity index (χ1v) is 7.46. The first-order chi connectivity index (χ1) is 10.1. The standard InChI is InChI=1S/C14H23N7/c1-9-4-5-21(7-10(9)2)8-12-17-13(19-15)11-6-16-20(3)14(11)18-12/h6,9-10H,4-5,7-8,15H2,1-3H3,(H,17,18,19). The summed E-state index contributed by atoms with van der Waals surface area (Å²) >= 11 is 0. The average molecular weight is 289 g/mol. The number of hydrogen-bond donors (Lipinski definition) is 2. The highest BCUT2D eigenvalue weighted by Crippen LogP contribution is 2.24. The second-order valence-corrected chi connectivity index (χ2v) is 6.12. The third-order valence-electron chi connectivity index (χ3n) is 4.56. The number of nitrogen functional groups attached to an aromatic ring is 1. The molecule has 7 nitrogen and oxygen atoms in total. The molecule has 2 atom stereocenters. The molecule has 21 heavy (non-hydrogen) atoms. The van der Waals surface area contributed by atoms with Crippen molar-refractivity contribution in [2.75, 3.05) is 18.5 Å². The topological polar surface area (TPSA) is 84.9 Å². The van der Waals surface area contributed by atoms with Crippen LogP contribution in [0.1, 0.15) is 26.1 Å². The molecule has 0 bridgehead atoms. The van der Waals surface area contributed by atoms with Gasteiger partial charge in [0.15, 0.2) is 11.5 Å². The highest BCUT2D eigenvalue weighted by molar-refractivity contribution is 5.86. The molecule has 0 radical (unpaired) electrons. The predicted octanol–water partition coefficient (Wildman–Crippen LogP) is 1.13. The van der Waals surface area contributed by atoms with Crippen LogP contribution in [-0.2, 0) is 13.6 Å². The van der Waals surface area contributed by atoms with E-state index in [9.17, 15) is 0 Å². The summed E-state index contributed by atoms with van der Waals surface area (Å²) in [6.45, 7) is 7.60. The van der Waals surface area contributed by atoms with Gasteiger partial charge in [-0.3, -0.25) is 9.58 Å². The van der Waals surface area contributed by atoms with Gasteiger partial charge in [-0.25, -0.2) is 15.8 Å². The van der Waals surface area contributed by atoms with Gasteiger partial charge in [-0.05, 0) is 24.8 Å². The van der Waals surface area contributed by atoms with Crippen molar-refractivity contribution in [3.8, 4) is 0 Å². The van der Waals surface area contributed by atoms with Gasteiger partial charge in [0.05, 0.1) is 18.1 Å². The molecule has 1 fully saturated rings. The van der Waals surface area contributed by atoms with E-state index in [0.717, 1.165) is 42.4 Å². The number of hydrogen-bond acceptors (Lipinski definition) is 6. The van der Waals surface area contributed by atoms with Crippen molar-refractivity contribution in [2.45, 2.75) is 26.8 Å². The van der Waals surface area contributed by atoms with Crippen molar-refractivity contribution in [2.24, 2.45) is 24.7 Å². The van der Waals surface area contributed by atoms with E-state index in [1.807, 2.05) is 7.05 Å². The van der Waals surface area contributed by atoms with Gasteiger partial charge in [-0.1, -0.05) is 13.8 Å². The number of nitrogens with two attached hydrogens (primary N) is 1. The van der Waals surface area contributed by atoms with Crippen LogP contribution in [0.25, 0.3) is 11.0 Å². The number of likely N-dealkylation sites (tertiary alicyclic amines) is 1. The molecule has 1 aliphatic rings. The Morgan fingerprint density at radius 3 is 2.86 bits per heavy atom. The Morgan fingerprint density at radius 2 is 2.14 bits per heavy atom. The van der Waals surface area contributed by atoms with Crippen molar-refractivity contribution in [1.82, 2.24) is 24.6 Å². The van der Waals surface area contributed by atoms with E-state index in [-0.39, 0.29) is 0 Å². The molecule has 1 saturated heterocycles. The number of aromatic nitrogens is 4. The Hall–Kier alpha value is -1.73. The number of fused-ring (bicyclic) bond motifs is 1. The Balaban J connectivity index is 1.85. The van der Waals surface area contributed by atoms with Crippen molar-refractivity contribution in [3.05, 3.63) is 12.0 Å². The van der Waals surface area contributed by atoms with Crippen LogP contribution in [0.15, 0.2) is 6.20 Å². The Morgan fingerprint density at radius 1 is 1.33 bits per heavy atom. The number of nitrogens with one attached hydrogen (secondary N) is 1. The second kappa shape index (κ2) is 5.57. The molecule has 2 unspecified atom stereocenters. The van der Waals surface area contributed by atoms with Gasteiger partial charge in [0, 0.05) is 13.6 Å². The molecular formula is C14H23N7. The number of rotatable bonds is 3. The lowest BCUT2D eigenvalue weighted by Crippen LogP contribution is -2.38. The molecule has 7 heteroatoms. The summed E-state index contributed by atoms with van der Waals surface area (Å²) in [5.74, 6) is 8.52. The van der Waals surface area contributed by atoms with Gasteiger partial charge in [-0.2, -0.15) is 5.10 Å². The lowest BCUT2D eigenvalue weighted by atomic mass is 9.89. The van der Waals surface area contributed by atoms with Crippen molar-refractivity contribution in [3.63, 3.8) is 0 Å². The Bertz CT molecular complexity index is 636. The van der Waals surface area contributed by atoms with Gasteiger partial charge >= 0.3 is 0 Å². The summed E-state index contributed by atoms with van der Waals surface area (Å²) in [5.41, 5.74) is 3.47. The molecule has 0 saturated carbocycles. The van der Waals surface area contributed by atoms with Gasteiger partial charge in [0.2, 0.25) is 0 Å². The van der Waals surface area contributed by atoms with Gasteiger partial charge in [-0.15, -0.1) is 0 Å². The van der Waals surface area contributed by atoms with Crippen LogP contribution >= 0.6 is 0 Å². The molecule has 3 heterocycles. The lowest BCUT2D eigenvalue weighted by Gasteiger charge is -2.34. The normalized spacial score (nSPS) is 23.6. The van der Waals surface area contributed by atoms with Crippen LogP contribution < -0.4 is 11.3 Å². The van der Waals surface area contributed by atoms with Crippen LogP contribution in [0.2, 0.25) is 0 Å². The van der Waals surface area contributed by atoms with E-state index >= 15 is 0 Å². The summed E-state index contributed by atoms with van der Waals surface area (Å²) in [7, 11) is 1.88. The Kier molecular flexibility index (Phi) is 3.77.